The summed E-state index contributed by atoms with van der Waals surface area (Å²) >= 11 is 0. The molecule has 0 fully saturated rings. The first-order valence-electron chi connectivity index (χ1n) is 8.58. The van der Waals surface area contributed by atoms with Crippen molar-refractivity contribution in [3.63, 3.8) is 0 Å². The largest absolute Gasteiger partial charge is 0.461 e. The molecular weight excluding hydrogens is 302 g/mol. The molecule has 1 N–H and O–H groups in total. The van der Waals surface area contributed by atoms with Gasteiger partial charge in [0, 0.05) is 17.3 Å². The second-order valence-electron chi connectivity index (χ2n) is 5.90. The molecule has 2 aromatic carbocycles. The van der Waals surface area contributed by atoms with Crippen LogP contribution in [0, 0.1) is 0 Å². The molecule has 1 heterocycles. The standard InChI is InChI=1S/C20H23NO3/c1-2-3-6-11-21-12-13-23-20(22)15-9-10-19-17(14-15)16-7-4-5-8-18(16)24-19/h4-5,7-10,14,21H,2-3,6,11-13H2,1H3. The third kappa shape index (κ3) is 3.77. The van der Waals surface area contributed by atoms with E-state index in [0.29, 0.717) is 18.7 Å². The molecule has 126 valence electrons. The average Bonchev–Trinajstić information content (AvgIpc) is 2.98. The van der Waals surface area contributed by atoms with Gasteiger partial charge in [0.1, 0.15) is 17.8 Å². The molecule has 3 aromatic rings. The average molecular weight is 325 g/mol. The number of fused-ring (bicyclic) bond motifs is 3. The van der Waals surface area contributed by atoms with Gasteiger partial charge in [-0.15, -0.1) is 0 Å². The van der Waals surface area contributed by atoms with E-state index in [1.807, 2.05) is 36.4 Å². The molecule has 4 heteroatoms. The molecule has 0 aliphatic heterocycles. The first kappa shape index (κ1) is 16.5. The summed E-state index contributed by atoms with van der Waals surface area (Å²) in [6.07, 6.45) is 3.60. The highest BCUT2D eigenvalue weighted by atomic mass is 16.5. The molecule has 0 spiro atoms. The van der Waals surface area contributed by atoms with Crippen LogP contribution in [0.3, 0.4) is 0 Å². The summed E-state index contributed by atoms with van der Waals surface area (Å²) in [6, 6.07) is 13.3. The number of nitrogens with one attached hydrogen (secondary N) is 1. The Labute approximate surface area is 141 Å². The monoisotopic (exact) mass is 325 g/mol. The van der Waals surface area contributed by atoms with Crippen molar-refractivity contribution in [2.75, 3.05) is 19.7 Å². The Kier molecular flexibility index (Phi) is 5.49. The second kappa shape index (κ2) is 7.97. The minimum Gasteiger partial charge on any atom is -0.461 e. The van der Waals surface area contributed by atoms with E-state index in [1.165, 1.54) is 12.8 Å². The van der Waals surface area contributed by atoms with Crippen molar-refractivity contribution in [2.45, 2.75) is 26.2 Å². The highest BCUT2D eigenvalue weighted by Gasteiger charge is 2.11. The Balaban J connectivity index is 1.60. The van der Waals surface area contributed by atoms with E-state index in [-0.39, 0.29) is 5.97 Å². The molecule has 0 radical (unpaired) electrons. The number of unbranched alkanes of at least 4 members (excludes halogenated alkanes) is 2. The molecule has 24 heavy (non-hydrogen) atoms. The molecule has 0 aliphatic carbocycles. The maximum Gasteiger partial charge on any atom is 0.338 e. The molecule has 0 bridgehead atoms. The lowest BCUT2D eigenvalue weighted by Gasteiger charge is -2.06. The fraction of sp³-hybridized carbons (Fsp3) is 0.350. The Morgan fingerprint density at radius 1 is 1.04 bits per heavy atom. The highest BCUT2D eigenvalue weighted by Crippen LogP contribution is 2.29. The zero-order valence-electron chi connectivity index (χ0n) is 14.0. The third-order valence-corrected chi connectivity index (χ3v) is 4.08. The number of benzene rings is 2. The van der Waals surface area contributed by atoms with Crippen LogP contribution in [-0.4, -0.2) is 25.7 Å². The highest BCUT2D eigenvalue weighted by molar-refractivity contribution is 6.07. The fourth-order valence-electron chi connectivity index (χ4n) is 2.78. The molecule has 3 rings (SSSR count). The SMILES string of the molecule is CCCCCNCCOC(=O)c1ccc2oc3ccccc3c2c1. The smallest absolute Gasteiger partial charge is 0.338 e. The minimum atomic E-state index is -0.294. The summed E-state index contributed by atoms with van der Waals surface area (Å²) in [6.45, 7) is 4.22. The normalized spacial score (nSPS) is 11.2. The topological polar surface area (TPSA) is 51.5 Å². The second-order valence-corrected chi connectivity index (χ2v) is 5.90. The van der Waals surface area contributed by atoms with Crippen molar-refractivity contribution in [2.24, 2.45) is 0 Å². The summed E-state index contributed by atoms with van der Waals surface area (Å²) in [5.74, 6) is -0.294. The fourth-order valence-corrected chi connectivity index (χ4v) is 2.78. The van der Waals surface area contributed by atoms with E-state index in [1.54, 1.807) is 6.07 Å². The van der Waals surface area contributed by atoms with Crippen LogP contribution in [-0.2, 0) is 4.74 Å². The number of hydrogen-bond donors (Lipinski definition) is 1. The summed E-state index contributed by atoms with van der Waals surface area (Å²) in [5, 5.41) is 5.24. The number of carbonyl (C=O) groups excluding carboxylic acids is 1. The van der Waals surface area contributed by atoms with Gasteiger partial charge in [-0.1, -0.05) is 38.0 Å². The van der Waals surface area contributed by atoms with Crippen LogP contribution in [0.2, 0.25) is 0 Å². The predicted molar refractivity (Wildman–Crippen MR) is 96.4 cm³/mol. The van der Waals surface area contributed by atoms with Crippen molar-refractivity contribution in [1.82, 2.24) is 5.32 Å². The molecule has 0 aliphatic rings. The van der Waals surface area contributed by atoms with Gasteiger partial charge in [0.2, 0.25) is 0 Å². The van der Waals surface area contributed by atoms with Crippen molar-refractivity contribution in [3.8, 4) is 0 Å². The van der Waals surface area contributed by atoms with Crippen molar-refractivity contribution >= 4 is 27.9 Å². The number of carbonyl (C=O) groups is 1. The number of rotatable bonds is 8. The summed E-state index contributed by atoms with van der Waals surface area (Å²) in [7, 11) is 0. The molecule has 0 unspecified atom stereocenters. The van der Waals surface area contributed by atoms with E-state index in [2.05, 4.69) is 12.2 Å². The number of furan rings is 1. The molecular formula is C20H23NO3. The van der Waals surface area contributed by atoms with Crippen LogP contribution < -0.4 is 5.32 Å². The van der Waals surface area contributed by atoms with Crippen LogP contribution in [0.5, 0.6) is 0 Å². The Bertz CT molecular complexity index is 822. The lowest BCUT2D eigenvalue weighted by molar-refractivity contribution is 0.0509. The Hall–Kier alpha value is -2.33. The molecule has 0 saturated carbocycles. The van der Waals surface area contributed by atoms with Gasteiger partial charge in [0.05, 0.1) is 5.56 Å². The molecule has 0 saturated heterocycles. The van der Waals surface area contributed by atoms with Gasteiger partial charge in [-0.25, -0.2) is 4.79 Å². The van der Waals surface area contributed by atoms with Crippen LogP contribution in [0.15, 0.2) is 46.9 Å². The summed E-state index contributed by atoms with van der Waals surface area (Å²) in [4.78, 5) is 12.2. The number of hydrogen-bond acceptors (Lipinski definition) is 4. The molecule has 1 aromatic heterocycles. The number of esters is 1. The lowest BCUT2D eigenvalue weighted by Crippen LogP contribution is -2.22. The Morgan fingerprint density at radius 3 is 2.75 bits per heavy atom. The maximum absolute atomic E-state index is 12.2. The minimum absolute atomic E-state index is 0.294. The first-order chi connectivity index (χ1) is 11.8. The van der Waals surface area contributed by atoms with Gasteiger partial charge in [-0.05, 0) is 37.2 Å². The number of ether oxygens (including phenoxy) is 1. The van der Waals surface area contributed by atoms with Crippen LogP contribution >= 0.6 is 0 Å². The molecule has 4 nitrogen and oxygen atoms in total. The zero-order chi connectivity index (χ0) is 16.8. The lowest BCUT2D eigenvalue weighted by atomic mass is 10.1. The van der Waals surface area contributed by atoms with Gasteiger partial charge in [0.15, 0.2) is 0 Å². The third-order valence-electron chi connectivity index (χ3n) is 4.08. The maximum atomic E-state index is 12.2. The van der Waals surface area contributed by atoms with E-state index in [0.717, 1.165) is 34.9 Å². The van der Waals surface area contributed by atoms with Crippen molar-refractivity contribution in [1.29, 1.82) is 0 Å². The molecule has 0 atom stereocenters. The zero-order valence-corrected chi connectivity index (χ0v) is 14.0. The van der Waals surface area contributed by atoms with Crippen LogP contribution in [0.4, 0.5) is 0 Å². The van der Waals surface area contributed by atoms with E-state index < -0.39 is 0 Å². The predicted octanol–water partition coefficient (Wildman–Crippen LogP) is 4.52. The summed E-state index contributed by atoms with van der Waals surface area (Å²) < 4.78 is 11.1. The first-order valence-corrected chi connectivity index (χ1v) is 8.58. The quantitative estimate of drug-likeness (QED) is 0.488. The summed E-state index contributed by atoms with van der Waals surface area (Å²) in [5.41, 5.74) is 2.17. The van der Waals surface area contributed by atoms with Gasteiger partial charge >= 0.3 is 5.97 Å². The van der Waals surface area contributed by atoms with Crippen LogP contribution in [0.25, 0.3) is 21.9 Å². The van der Waals surface area contributed by atoms with E-state index in [4.69, 9.17) is 9.15 Å². The Morgan fingerprint density at radius 2 is 1.88 bits per heavy atom. The van der Waals surface area contributed by atoms with Crippen LogP contribution in [0.1, 0.15) is 36.5 Å². The van der Waals surface area contributed by atoms with Gasteiger partial charge in [0.25, 0.3) is 0 Å². The van der Waals surface area contributed by atoms with E-state index in [9.17, 15) is 4.79 Å². The van der Waals surface area contributed by atoms with Gasteiger partial charge in [-0.3, -0.25) is 0 Å². The van der Waals surface area contributed by atoms with Gasteiger partial charge in [-0.2, -0.15) is 0 Å². The molecule has 0 amide bonds. The van der Waals surface area contributed by atoms with Crippen molar-refractivity contribution < 1.29 is 13.9 Å². The van der Waals surface area contributed by atoms with E-state index >= 15 is 0 Å². The number of para-hydroxylation sites is 1. The van der Waals surface area contributed by atoms with Crippen molar-refractivity contribution in [3.05, 3.63) is 48.0 Å². The van der Waals surface area contributed by atoms with Gasteiger partial charge < -0.3 is 14.5 Å².